The molecule has 0 aromatic carbocycles. The Bertz CT molecular complexity index is 407. The van der Waals surface area contributed by atoms with Gasteiger partial charge < -0.3 is 15.2 Å². The van der Waals surface area contributed by atoms with Crippen LogP contribution < -0.4 is 5.32 Å². The van der Waals surface area contributed by atoms with Crippen molar-refractivity contribution >= 4 is 17.8 Å². The summed E-state index contributed by atoms with van der Waals surface area (Å²) in [6, 6.07) is -0.738. The highest BCUT2D eigenvalue weighted by atomic mass is 16.5. The van der Waals surface area contributed by atoms with Crippen LogP contribution in [0.15, 0.2) is 0 Å². The summed E-state index contributed by atoms with van der Waals surface area (Å²) in [6.45, 7) is 5.61. The molecule has 0 aromatic heterocycles. The molecule has 2 N–H and O–H groups in total. The van der Waals surface area contributed by atoms with Gasteiger partial charge in [-0.05, 0) is 24.7 Å². The zero-order valence-corrected chi connectivity index (χ0v) is 13.1. The molecule has 0 aromatic rings. The molecule has 1 aliphatic rings. The molecule has 4 atom stereocenters. The van der Waals surface area contributed by atoms with Gasteiger partial charge in [-0.2, -0.15) is 0 Å². The van der Waals surface area contributed by atoms with Crippen LogP contribution >= 0.6 is 0 Å². The van der Waals surface area contributed by atoms with Gasteiger partial charge in [0.1, 0.15) is 6.04 Å². The van der Waals surface area contributed by atoms with Gasteiger partial charge >= 0.3 is 11.9 Å². The molecule has 1 rings (SSSR count). The van der Waals surface area contributed by atoms with Crippen molar-refractivity contribution in [3.8, 4) is 0 Å². The van der Waals surface area contributed by atoms with Gasteiger partial charge in [0.05, 0.1) is 18.9 Å². The molecule has 0 radical (unpaired) electrons. The largest absolute Gasteiger partial charge is 0.481 e. The quantitative estimate of drug-likeness (QED) is 0.724. The third-order valence-electron chi connectivity index (χ3n) is 4.31. The molecule has 1 amide bonds. The first-order chi connectivity index (χ1) is 9.81. The predicted molar refractivity (Wildman–Crippen MR) is 76.4 cm³/mol. The maximum absolute atomic E-state index is 12.4. The molecular formula is C15H25NO5. The van der Waals surface area contributed by atoms with Crippen molar-refractivity contribution < 1.29 is 24.2 Å². The number of hydrogen-bond acceptors (Lipinski definition) is 4. The molecular weight excluding hydrogens is 274 g/mol. The number of carbonyl (C=O) groups is 3. The van der Waals surface area contributed by atoms with Crippen LogP contribution in [0.3, 0.4) is 0 Å². The van der Waals surface area contributed by atoms with E-state index in [1.807, 2.05) is 6.92 Å². The van der Waals surface area contributed by atoms with Crippen molar-refractivity contribution in [2.24, 2.45) is 23.7 Å². The van der Waals surface area contributed by atoms with E-state index >= 15 is 0 Å². The fraction of sp³-hybridized carbons (Fsp3) is 0.800. The van der Waals surface area contributed by atoms with Crippen LogP contribution in [0.5, 0.6) is 0 Å². The average molecular weight is 299 g/mol. The topological polar surface area (TPSA) is 92.7 Å². The predicted octanol–water partition coefficient (Wildman–Crippen LogP) is 1.44. The second-order valence-corrected chi connectivity index (χ2v) is 6.05. The van der Waals surface area contributed by atoms with E-state index in [1.54, 1.807) is 13.8 Å². The number of carboxylic acid groups (broad SMARTS) is 1. The Labute approximate surface area is 125 Å². The van der Waals surface area contributed by atoms with E-state index in [0.29, 0.717) is 12.8 Å². The first kappa shape index (κ1) is 17.5. The monoisotopic (exact) mass is 299 g/mol. The van der Waals surface area contributed by atoms with Gasteiger partial charge in [-0.3, -0.25) is 9.59 Å². The van der Waals surface area contributed by atoms with Gasteiger partial charge in [-0.1, -0.05) is 27.2 Å². The number of hydrogen-bond donors (Lipinski definition) is 2. The Morgan fingerprint density at radius 2 is 1.81 bits per heavy atom. The fourth-order valence-corrected chi connectivity index (χ4v) is 2.92. The summed E-state index contributed by atoms with van der Waals surface area (Å²) >= 11 is 0. The summed E-state index contributed by atoms with van der Waals surface area (Å²) in [5.74, 6) is -2.91. The number of nitrogens with one attached hydrogen (secondary N) is 1. The lowest BCUT2D eigenvalue weighted by Crippen LogP contribution is -2.48. The van der Waals surface area contributed by atoms with Gasteiger partial charge in [-0.15, -0.1) is 0 Å². The second-order valence-electron chi connectivity index (χ2n) is 6.05. The van der Waals surface area contributed by atoms with E-state index < -0.39 is 29.8 Å². The number of carboxylic acids is 1. The van der Waals surface area contributed by atoms with Crippen LogP contribution in [0.2, 0.25) is 0 Å². The minimum atomic E-state index is -0.940. The zero-order valence-electron chi connectivity index (χ0n) is 13.1. The minimum Gasteiger partial charge on any atom is -0.481 e. The lowest BCUT2D eigenvalue weighted by Gasteiger charge is -2.23. The van der Waals surface area contributed by atoms with E-state index in [1.165, 1.54) is 7.11 Å². The Morgan fingerprint density at radius 1 is 1.24 bits per heavy atom. The number of carbonyl (C=O) groups excluding carboxylic acids is 2. The van der Waals surface area contributed by atoms with Crippen molar-refractivity contribution in [1.82, 2.24) is 5.32 Å². The summed E-state index contributed by atoms with van der Waals surface area (Å²) in [6.07, 6.45) is 1.94. The van der Waals surface area contributed by atoms with Gasteiger partial charge in [-0.25, -0.2) is 4.79 Å². The highest BCUT2D eigenvalue weighted by molar-refractivity contribution is 5.89. The number of esters is 1. The maximum Gasteiger partial charge on any atom is 0.328 e. The molecule has 0 spiro atoms. The molecule has 0 aliphatic heterocycles. The molecule has 0 heterocycles. The summed E-state index contributed by atoms with van der Waals surface area (Å²) in [4.78, 5) is 35.4. The minimum absolute atomic E-state index is 0.118. The lowest BCUT2D eigenvalue weighted by molar-refractivity contribution is -0.149. The molecule has 6 nitrogen and oxygen atoms in total. The Balaban J connectivity index is 2.80. The summed E-state index contributed by atoms with van der Waals surface area (Å²) in [5, 5.41) is 11.9. The summed E-state index contributed by atoms with van der Waals surface area (Å²) in [7, 11) is 1.27. The van der Waals surface area contributed by atoms with Crippen molar-refractivity contribution in [3.63, 3.8) is 0 Å². The van der Waals surface area contributed by atoms with Crippen LogP contribution in [0, 0.1) is 23.7 Å². The van der Waals surface area contributed by atoms with Crippen LogP contribution in [-0.2, 0) is 19.1 Å². The highest BCUT2D eigenvalue weighted by Crippen LogP contribution is 2.38. The first-order valence-corrected chi connectivity index (χ1v) is 7.42. The number of ether oxygens (including phenoxy) is 1. The number of amides is 1. The third kappa shape index (κ3) is 4.19. The standard InChI is InChI=1S/C15H25NO5/c1-5-9-6-10(11(7-9)14(18)19)13(17)16-12(8(2)3)15(20)21-4/h8-12H,5-7H2,1-4H3,(H,16,17)(H,18,19)/t9?,10-,11+,12?/m0/s1. The zero-order chi connectivity index (χ0) is 16.2. The molecule has 1 aliphatic carbocycles. The fourth-order valence-electron chi connectivity index (χ4n) is 2.92. The molecule has 2 unspecified atom stereocenters. The van der Waals surface area contributed by atoms with Crippen LogP contribution in [0.25, 0.3) is 0 Å². The second kappa shape index (κ2) is 7.43. The number of aliphatic carboxylic acids is 1. The van der Waals surface area contributed by atoms with Crippen molar-refractivity contribution in [3.05, 3.63) is 0 Å². The van der Waals surface area contributed by atoms with Crippen LogP contribution in [-0.4, -0.2) is 36.1 Å². The highest BCUT2D eigenvalue weighted by Gasteiger charge is 2.43. The average Bonchev–Trinajstić information content (AvgIpc) is 2.87. The molecule has 1 saturated carbocycles. The molecule has 1 fully saturated rings. The molecule has 21 heavy (non-hydrogen) atoms. The van der Waals surface area contributed by atoms with Crippen molar-refractivity contribution in [1.29, 1.82) is 0 Å². The first-order valence-electron chi connectivity index (χ1n) is 7.42. The Hall–Kier alpha value is -1.59. The third-order valence-corrected chi connectivity index (χ3v) is 4.31. The molecule has 120 valence electrons. The van der Waals surface area contributed by atoms with E-state index in [9.17, 15) is 19.5 Å². The Kier molecular flexibility index (Phi) is 6.18. The van der Waals surface area contributed by atoms with E-state index in [2.05, 4.69) is 10.1 Å². The molecule has 6 heteroatoms. The van der Waals surface area contributed by atoms with Gasteiger partial charge in [0.15, 0.2) is 0 Å². The van der Waals surface area contributed by atoms with Crippen LogP contribution in [0.1, 0.15) is 40.0 Å². The number of methoxy groups -OCH3 is 1. The summed E-state index contributed by atoms with van der Waals surface area (Å²) in [5.41, 5.74) is 0. The van der Waals surface area contributed by atoms with E-state index in [4.69, 9.17) is 0 Å². The van der Waals surface area contributed by atoms with Crippen LogP contribution in [0.4, 0.5) is 0 Å². The Morgan fingerprint density at radius 3 is 2.24 bits per heavy atom. The number of rotatable bonds is 6. The van der Waals surface area contributed by atoms with Gasteiger partial charge in [0.2, 0.25) is 5.91 Å². The molecule has 0 bridgehead atoms. The summed E-state index contributed by atoms with van der Waals surface area (Å²) < 4.78 is 4.68. The smallest absolute Gasteiger partial charge is 0.328 e. The van der Waals surface area contributed by atoms with E-state index in [-0.39, 0.29) is 17.7 Å². The van der Waals surface area contributed by atoms with Crippen molar-refractivity contribution in [2.75, 3.05) is 7.11 Å². The van der Waals surface area contributed by atoms with Gasteiger partial charge in [0, 0.05) is 0 Å². The van der Waals surface area contributed by atoms with Gasteiger partial charge in [0.25, 0.3) is 0 Å². The SMILES string of the molecule is CCC1C[C@H](C(=O)NC(C(=O)OC)C(C)C)[C@H](C(=O)O)C1. The van der Waals surface area contributed by atoms with E-state index in [0.717, 1.165) is 6.42 Å². The molecule has 0 saturated heterocycles. The maximum atomic E-state index is 12.4. The lowest BCUT2D eigenvalue weighted by atomic mass is 9.94. The van der Waals surface area contributed by atoms with Crippen molar-refractivity contribution in [2.45, 2.75) is 46.1 Å². The normalized spacial score (nSPS) is 26.4.